The van der Waals surface area contributed by atoms with Crippen LogP contribution in [-0.4, -0.2) is 14.4 Å². The number of rotatable bonds is 3. The summed E-state index contributed by atoms with van der Waals surface area (Å²) < 4.78 is 21.1. The maximum absolute atomic E-state index is 10.9. The molecule has 1 aromatic rings. The number of phosphoric ester groups is 1. The number of nitrogens with zero attached hydrogens (tertiary/aromatic N) is 2. The van der Waals surface area contributed by atoms with Gasteiger partial charge in [-0.3, -0.25) is 0 Å². The first-order chi connectivity index (χ1) is 5.94. The molecule has 0 aromatic carbocycles. The van der Waals surface area contributed by atoms with Crippen molar-refractivity contribution in [2.45, 2.75) is 0 Å². The molecular weight excluding hydrogens is 281 g/mol. The molecule has 1 heterocycles. The van der Waals surface area contributed by atoms with Gasteiger partial charge in [-0.05, 0) is 0 Å². The zero-order valence-electron chi connectivity index (χ0n) is 6.58. The van der Waals surface area contributed by atoms with Crippen molar-refractivity contribution in [1.82, 2.24) is 9.55 Å². The molecule has 9 heteroatoms. The van der Waals surface area contributed by atoms with E-state index in [1.807, 2.05) is 0 Å². The van der Waals surface area contributed by atoms with E-state index in [4.69, 9.17) is 10.6 Å². The van der Waals surface area contributed by atoms with Gasteiger partial charge in [0.05, 0.1) is 0 Å². The van der Waals surface area contributed by atoms with Crippen LogP contribution >= 0.6 is 7.82 Å². The second-order valence-corrected chi connectivity index (χ2v) is 4.55. The van der Waals surface area contributed by atoms with E-state index in [-0.39, 0.29) is 11.8 Å². The zero-order valence-corrected chi connectivity index (χ0v) is 9.48. The first-order valence-electron chi connectivity index (χ1n) is 3.07. The molecule has 7 nitrogen and oxygen atoms in total. The molecule has 0 saturated carbocycles. The molecule has 0 bridgehead atoms. The van der Waals surface area contributed by atoms with Gasteiger partial charge in [0.25, 0.3) is 0 Å². The fourth-order valence-electron chi connectivity index (χ4n) is 0.630. The third kappa shape index (κ3) is 2.81. The number of anilines is 1. The van der Waals surface area contributed by atoms with Crippen molar-refractivity contribution in [1.29, 1.82) is 0 Å². The Morgan fingerprint density at radius 1 is 1.85 bits per heavy atom. The number of nitrogen functional groups attached to an aromatic ring is 1. The van der Waals surface area contributed by atoms with Crippen LogP contribution in [0, 0.1) is 0 Å². The molecule has 13 heavy (non-hydrogen) atoms. The summed E-state index contributed by atoms with van der Waals surface area (Å²) in [6.07, 6.45) is 1.37. The van der Waals surface area contributed by atoms with Gasteiger partial charge in [0.1, 0.15) is 0 Å². The first kappa shape index (κ1) is 10.7. The van der Waals surface area contributed by atoms with Gasteiger partial charge < -0.3 is 0 Å². The average Bonchev–Trinajstić information content (AvgIpc) is 2.30. The van der Waals surface area contributed by atoms with Crippen molar-refractivity contribution in [3.63, 3.8) is 0 Å². The van der Waals surface area contributed by atoms with Crippen LogP contribution < -0.4 is 10.3 Å². The Kier molecular flexibility index (Phi) is 3.13. The van der Waals surface area contributed by atoms with Gasteiger partial charge in [-0.25, -0.2) is 0 Å². The van der Waals surface area contributed by atoms with Gasteiger partial charge >= 0.3 is 85.5 Å². The van der Waals surface area contributed by atoms with E-state index in [1.54, 1.807) is 7.05 Å². The number of nitrogens with two attached hydrogens (primary N) is 1. The number of aryl methyl sites for hydroxylation is 1. The van der Waals surface area contributed by atoms with Crippen LogP contribution in [0.1, 0.15) is 0 Å². The molecule has 0 radical (unpaired) electrons. The number of phosphoric acid groups is 1. The number of imidazole rings is 1. The van der Waals surface area contributed by atoms with E-state index >= 15 is 0 Å². The van der Waals surface area contributed by atoms with Crippen LogP contribution in [0.3, 0.4) is 0 Å². The second-order valence-electron chi connectivity index (χ2n) is 2.18. The summed E-state index contributed by atoms with van der Waals surface area (Å²) in [5.74, 6) is 0.140. The Morgan fingerprint density at radius 3 is 2.85 bits per heavy atom. The molecule has 0 aliphatic carbocycles. The molecule has 1 rings (SSSR count). The molecule has 3 N–H and O–H groups in total. The second kappa shape index (κ2) is 3.80. The molecule has 0 amide bonds. The summed E-state index contributed by atoms with van der Waals surface area (Å²) in [4.78, 5) is 12.6. The summed E-state index contributed by atoms with van der Waals surface area (Å²) in [7, 11) is -2.40. The minimum atomic E-state index is -4.03. The van der Waals surface area contributed by atoms with Gasteiger partial charge in [-0.15, -0.1) is 0 Å². The van der Waals surface area contributed by atoms with E-state index < -0.39 is 7.82 Å². The SMILES string of the molecule is Cn1cc(OP(=O)(O)[O][Mo])nc1N. The molecule has 1 unspecified atom stereocenters. The summed E-state index contributed by atoms with van der Waals surface area (Å²) in [6.45, 7) is 0. The normalized spacial score (nSPS) is 15.2. The monoisotopic (exact) mass is 290 g/mol. The van der Waals surface area contributed by atoms with Gasteiger partial charge in [0.2, 0.25) is 0 Å². The summed E-state index contributed by atoms with van der Waals surface area (Å²) in [6, 6.07) is 0. The predicted octanol–water partition coefficient (Wildman–Crippen LogP) is -0.0401. The molecule has 1 aromatic heterocycles. The molecule has 0 fully saturated rings. The van der Waals surface area contributed by atoms with Crippen molar-refractivity contribution in [3.05, 3.63) is 6.20 Å². The topological polar surface area (TPSA) is 99.6 Å². The molecule has 1 atom stereocenters. The van der Waals surface area contributed by atoms with Crippen molar-refractivity contribution < 1.29 is 37.4 Å². The fourth-order valence-corrected chi connectivity index (χ4v) is 1.21. The Morgan fingerprint density at radius 2 is 2.46 bits per heavy atom. The van der Waals surface area contributed by atoms with E-state index in [0.717, 1.165) is 20.2 Å². The van der Waals surface area contributed by atoms with Crippen LogP contribution in [0.25, 0.3) is 0 Å². The van der Waals surface area contributed by atoms with Crippen molar-refractivity contribution >= 4 is 13.8 Å². The van der Waals surface area contributed by atoms with Crippen molar-refractivity contribution in [3.8, 4) is 5.88 Å². The zero-order chi connectivity index (χ0) is 10.1. The van der Waals surface area contributed by atoms with Gasteiger partial charge in [0.15, 0.2) is 0 Å². The standard InChI is InChI=1S/C4H8N3O4P.Mo/c1-7-2-3(6-4(7)5)11-12(8,9)10;/h2H,1H3,(H2,5,6)(H2,8,9,10);/q;+1/p-1. The molecular formula is C4H7MoN3O4P. The van der Waals surface area contributed by atoms with Gasteiger partial charge in [-0.1, -0.05) is 0 Å². The molecule has 73 valence electrons. The van der Waals surface area contributed by atoms with E-state index in [9.17, 15) is 4.57 Å². The van der Waals surface area contributed by atoms with E-state index in [0.29, 0.717) is 0 Å². The van der Waals surface area contributed by atoms with Crippen LogP contribution in [0.15, 0.2) is 6.20 Å². The maximum atomic E-state index is 10.9. The summed E-state index contributed by atoms with van der Waals surface area (Å²) in [5, 5.41) is 0. The van der Waals surface area contributed by atoms with Gasteiger partial charge in [-0.2, -0.15) is 0 Å². The number of hydrogen-bond acceptors (Lipinski definition) is 5. The average molecular weight is 288 g/mol. The fraction of sp³-hybridized carbons (Fsp3) is 0.250. The predicted molar refractivity (Wildman–Crippen MR) is 39.2 cm³/mol. The van der Waals surface area contributed by atoms with Crippen molar-refractivity contribution in [2.75, 3.05) is 5.73 Å². The van der Waals surface area contributed by atoms with E-state index in [2.05, 4.69) is 12.7 Å². The molecule has 0 aliphatic heterocycles. The first-order valence-corrected chi connectivity index (χ1v) is 5.39. The summed E-state index contributed by atoms with van der Waals surface area (Å²) >= 11 is 0.994. The minimum absolute atomic E-state index is 0.0468. The Balaban J connectivity index is 2.81. The van der Waals surface area contributed by atoms with E-state index in [1.165, 1.54) is 10.8 Å². The molecule has 0 aliphatic rings. The Labute approximate surface area is 85.8 Å². The third-order valence-electron chi connectivity index (χ3n) is 1.19. The molecule has 0 spiro atoms. The van der Waals surface area contributed by atoms with Crippen LogP contribution in [0.5, 0.6) is 5.88 Å². The summed E-state index contributed by atoms with van der Waals surface area (Å²) in [5.41, 5.74) is 5.36. The Hall–Kier alpha value is -0.352. The van der Waals surface area contributed by atoms with Gasteiger partial charge in [0, 0.05) is 0 Å². The van der Waals surface area contributed by atoms with Crippen LogP contribution in [-0.2, 0) is 35.0 Å². The van der Waals surface area contributed by atoms with Crippen LogP contribution in [0.4, 0.5) is 5.95 Å². The number of hydrogen-bond donors (Lipinski definition) is 2. The Bertz CT molecular complexity index is 334. The van der Waals surface area contributed by atoms with Crippen LogP contribution in [0.2, 0.25) is 0 Å². The number of aromatic nitrogens is 2. The quantitative estimate of drug-likeness (QED) is 0.598. The molecule has 0 saturated heterocycles. The van der Waals surface area contributed by atoms with Crippen molar-refractivity contribution in [2.24, 2.45) is 7.05 Å². The third-order valence-corrected chi connectivity index (χ3v) is 3.19.